The number of fused-ring (bicyclic) bond motifs is 1. The Morgan fingerprint density at radius 1 is 1.20 bits per heavy atom. The van der Waals surface area contributed by atoms with Crippen molar-refractivity contribution in [3.8, 4) is 16.9 Å². The molecular formula is C21H16Cl2FN3O3. The van der Waals surface area contributed by atoms with Crippen LogP contribution in [0.4, 0.5) is 10.2 Å². The lowest BCUT2D eigenvalue weighted by Crippen LogP contribution is -2.08. The van der Waals surface area contributed by atoms with E-state index in [1.54, 1.807) is 31.6 Å². The minimum Gasteiger partial charge on any atom is -0.478 e. The van der Waals surface area contributed by atoms with Crippen LogP contribution in [-0.4, -0.2) is 15.1 Å². The molecular weight excluding hydrogens is 432 g/mol. The number of nitrogens with zero attached hydrogens (tertiary/aromatic N) is 2. The first-order valence-corrected chi connectivity index (χ1v) is 9.68. The van der Waals surface area contributed by atoms with Gasteiger partial charge in [-0.3, -0.25) is 4.98 Å². The number of aliphatic hydroxyl groups is 1. The Morgan fingerprint density at radius 3 is 2.70 bits per heavy atom. The molecule has 4 aromatic rings. The number of nitrogens with two attached hydrogens (primary N) is 1. The summed E-state index contributed by atoms with van der Waals surface area (Å²) in [6.45, 7) is 1.53. The van der Waals surface area contributed by atoms with Gasteiger partial charge in [0.15, 0.2) is 11.4 Å². The fraction of sp³-hybridized carbons (Fsp3) is 0.143. The number of pyridine rings is 2. The van der Waals surface area contributed by atoms with E-state index in [1.165, 1.54) is 12.1 Å². The molecule has 3 heterocycles. The summed E-state index contributed by atoms with van der Waals surface area (Å²) in [5.41, 5.74) is 8.75. The Balaban J connectivity index is 1.76. The van der Waals surface area contributed by atoms with Crippen molar-refractivity contribution in [3.05, 3.63) is 70.0 Å². The van der Waals surface area contributed by atoms with Crippen molar-refractivity contribution in [1.29, 1.82) is 0 Å². The maximum absolute atomic E-state index is 13.9. The molecule has 1 unspecified atom stereocenters. The summed E-state index contributed by atoms with van der Waals surface area (Å²) >= 11 is 12.3. The zero-order chi connectivity index (χ0) is 21.4. The summed E-state index contributed by atoms with van der Waals surface area (Å²) in [6, 6.07) is 6.13. The number of aliphatic hydroxyl groups excluding tert-OH is 1. The third-order valence-electron chi connectivity index (χ3n) is 4.68. The van der Waals surface area contributed by atoms with Crippen molar-refractivity contribution in [2.75, 3.05) is 5.73 Å². The van der Waals surface area contributed by atoms with Crippen molar-refractivity contribution in [3.63, 3.8) is 0 Å². The second-order valence-corrected chi connectivity index (χ2v) is 7.36. The van der Waals surface area contributed by atoms with E-state index in [9.17, 15) is 4.39 Å². The highest BCUT2D eigenvalue weighted by Gasteiger charge is 2.23. The lowest BCUT2D eigenvalue weighted by atomic mass is 10.1. The number of nitrogen functional groups attached to an aromatic ring is 1. The van der Waals surface area contributed by atoms with Crippen LogP contribution in [0.2, 0.25) is 10.0 Å². The van der Waals surface area contributed by atoms with Gasteiger partial charge in [0.2, 0.25) is 5.75 Å². The molecule has 0 aliphatic heterocycles. The van der Waals surface area contributed by atoms with Crippen molar-refractivity contribution in [2.24, 2.45) is 0 Å². The molecule has 0 radical (unpaired) electrons. The molecule has 0 saturated heterocycles. The number of hydrogen-bond acceptors (Lipinski definition) is 6. The van der Waals surface area contributed by atoms with Gasteiger partial charge in [-0.15, -0.1) is 0 Å². The van der Waals surface area contributed by atoms with E-state index in [2.05, 4.69) is 9.97 Å². The summed E-state index contributed by atoms with van der Waals surface area (Å²) in [6.07, 6.45) is 4.01. The van der Waals surface area contributed by atoms with Crippen LogP contribution in [0.15, 0.2) is 47.3 Å². The van der Waals surface area contributed by atoms with Crippen molar-refractivity contribution in [1.82, 2.24) is 9.97 Å². The van der Waals surface area contributed by atoms with E-state index in [4.69, 9.17) is 43.2 Å². The normalized spacial score (nSPS) is 12.3. The third kappa shape index (κ3) is 3.56. The van der Waals surface area contributed by atoms with Crippen LogP contribution in [0.5, 0.6) is 5.75 Å². The van der Waals surface area contributed by atoms with Gasteiger partial charge in [-0.25, -0.2) is 9.37 Å². The van der Waals surface area contributed by atoms with Gasteiger partial charge in [0, 0.05) is 34.1 Å². The van der Waals surface area contributed by atoms with Gasteiger partial charge in [-0.05, 0) is 25.1 Å². The predicted octanol–water partition coefficient (Wildman–Crippen LogP) is 5.55. The molecule has 9 heteroatoms. The SMILES string of the molecule is CC(Oc1c(N)ncc2c(-c3ccc(CO)nc3)coc12)c1c(Cl)ccc(F)c1Cl. The Hall–Kier alpha value is -2.87. The quantitative estimate of drug-likeness (QED) is 0.389. The molecule has 0 aliphatic rings. The van der Waals surface area contributed by atoms with Crippen LogP contribution < -0.4 is 10.5 Å². The molecule has 0 amide bonds. The van der Waals surface area contributed by atoms with E-state index in [1.807, 2.05) is 6.07 Å². The number of furan rings is 1. The summed E-state index contributed by atoms with van der Waals surface area (Å²) in [4.78, 5) is 8.38. The van der Waals surface area contributed by atoms with Crippen LogP contribution in [0, 0.1) is 5.82 Å². The molecule has 0 spiro atoms. The summed E-state index contributed by atoms with van der Waals surface area (Å²) in [5, 5.41) is 9.97. The first-order chi connectivity index (χ1) is 14.4. The van der Waals surface area contributed by atoms with Crippen molar-refractivity contribution < 1.29 is 18.7 Å². The largest absolute Gasteiger partial charge is 0.478 e. The Bertz CT molecular complexity index is 1230. The molecule has 4 rings (SSSR count). The van der Waals surface area contributed by atoms with Crippen LogP contribution in [-0.2, 0) is 6.61 Å². The zero-order valence-corrected chi connectivity index (χ0v) is 17.2. The number of halogens is 3. The van der Waals surface area contributed by atoms with Gasteiger partial charge in [-0.1, -0.05) is 29.3 Å². The lowest BCUT2D eigenvalue weighted by Gasteiger charge is -2.18. The number of benzene rings is 1. The van der Waals surface area contributed by atoms with Gasteiger partial charge in [-0.2, -0.15) is 0 Å². The van der Waals surface area contributed by atoms with E-state index >= 15 is 0 Å². The maximum Gasteiger partial charge on any atom is 0.205 e. The molecule has 0 fully saturated rings. The highest BCUT2D eigenvalue weighted by molar-refractivity contribution is 6.36. The molecule has 1 atom stereocenters. The molecule has 0 aliphatic carbocycles. The first kappa shape index (κ1) is 20.4. The highest BCUT2D eigenvalue weighted by Crippen LogP contribution is 2.41. The fourth-order valence-electron chi connectivity index (χ4n) is 3.15. The molecule has 1 aromatic carbocycles. The van der Waals surface area contributed by atoms with Gasteiger partial charge in [0.1, 0.15) is 11.9 Å². The number of rotatable bonds is 5. The smallest absolute Gasteiger partial charge is 0.205 e. The van der Waals surface area contributed by atoms with E-state index < -0.39 is 11.9 Å². The van der Waals surface area contributed by atoms with E-state index in [-0.39, 0.29) is 28.2 Å². The van der Waals surface area contributed by atoms with Gasteiger partial charge >= 0.3 is 0 Å². The number of aromatic nitrogens is 2. The maximum atomic E-state index is 13.9. The predicted molar refractivity (Wildman–Crippen MR) is 113 cm³/mol. The molecule has 154 valence electrons. The van der Waals surface area contributed by atoms with Crippen molar-refractivity contribution >= 4 is 40.0 Å². The lowest BCUT2D eigenvalue weighted by molar-refractivity contribution is 0.227. The Morgan fingerprint density at radius 2 is 2.00 bits per heavy atom. The standard InChI is InChI=1S/C21H16Cl2FN3O3/c1-10(17-15(22)4-5-16(24)18(17)23)30-20-19-13(7-27-21(20)25)14(9-29-19)11-2-3-12(8-28)26-6-11/h2-7,9-10,28H,8H2,1H3,(H2,25,27). The zero-order valence-electron chi connectivity index (χ0n) is 15.7. The van der Waals surface area contributed by atoms with E-state index in [0.717, 1.165) is 11.1 Å². The van der Waals surface area contributed by atoms with Crippen LogP contribution in [0.25, 0.3) is 22.1 Å². The number of anilines is 1. The number of hydrogen-bond donors (Lipinski definition) is 2. The number of ether oxygens (including phenoxy) is 1. The van der Waals surface area contributed by atoms with Crippen molar-refractivity contribution in [2.45, 2.75) is 19.6 Å². The molecule has 0 saturated carbocycles. The Kier molecular flexibility index (Phi) is 5.51. The summed E-state index contributed by atoms with van der Waals surface area (Å²) < 4.78 is 25.6. The second kappa shape index (κ2) is 8.10. The minimum absolute atomic E-state index is 0.104. The average Bonchev–Trinajstić information content (AvgIpc) is 3.17. The molecule has 0 bridgehead atoms. The Labute approximate surface area is 181 Å². The van der Waals surface area contributed by atoms with Gasteiger partial charge in [0.05, 0.1) is 29.0 Å². The van der Waals surface area contributed by atoms with Crippen LogP contribution >= 0.6 is 23.2 Å². The van der Waals surface area contributed by atoms with Gasteiger partial charge in [0.25, 0.3) is 0 Å². The third-order valence-corrected chi connectivity index (χ3v) is 5.39. The topological polar surface area (TPSA) is 94.4 Å². The van der Waals surface area contributed by atoms with Crippen LogP contribution in [0.1, 0.15) is 24.3 Å². The molecule has 3 aromatic heterocycles. The highest BCUT2D eigenvalue weighted by atomic mass is 35.5. The van der Waals surface area contributed by atoms with E-state index in [0.29, 0.717) is 22.2 Å². The fourth-order valence-corrected chi connectivity index (χ4v) is 3.82. The molecule has 3 N–H and O–H groups in total. The summed E-state index contributed by atoms with van der Waals surface area (Å²) in [5.74, 6) is -0.301. The molecule has 30 heavy (non-hydrogen) atoms. The first-order valence-electron chi connectivity index (χ1n) is 8.92. The average molecular weight is 448 g/mol. The second-order valence-electron chi connectivity index (χ2n) is 6.58. The van der Waals surface area contributed by atoms with Crippen LogP contribution in [0.3, 0.4) is 0 Å². The minimum atomic E-state index is -0.727. The monoisotopic (exact) mass is 447 g/mol. The summed E-state index contributed by atoms with van der Waals surface area (Å²) in [7, 11) is 0. The molecule has 6 nitrogen and oxygen atoms in total. The van der Waals surface area contributed by atoms with Gasteiger partial charge < -0.3 is 20.0 Å².